The Bertz CT molecular complexity index is 521. The van der Waals surface area contributed by atoms with Crippen LogP contribution < -0.4 is 15.5 Å². The van der Waals surface area contributed by atoms with Gasteiger partial charge in [0.25, 0.3) is 5.91 Å². The van der Waals surface area contributed by atoms with Crippen LogP contribution in [0.3, 0.4) is 0 Å². The van der Waals surface area contributed by atoms with E-state index in [1.165, 1.54) is 24.9 Å². The molecule has 0 saturated carbocycles. The first-order chi connectivity index (χ1) is 10.2. The van der Waals surface area contributed by atoms with Gasteiger partial charge in [0.15, 0.2) is 0 Å². The number of rotatable bonds is 3. The van der Waals surface area contributed by atoms with Gasteiger partial charge in [0, 0.05) is 30.9 Å². The van der Waals surface area contributed by atoms with Crippen LogP contribution in [0.2, 0.25) is 0 Å². The van der Waals surface area contributed by atoms with Gasteiger partial charge in [-0.15, -0.1) is 0 Å². The predicted molar refractivity (Wildman–Crippen MR) is 81.4 cm³/mol. The van der Waals surface area contributed by atoms with Gasteiger partial charge in [-0.1, -0.05) is 0 Å². The van der Waals surface area contributed by atoms with Crippen molar-refractivity contribution in [1.82, 2.24) is 10.6 Å². The van der Waals surface area contributed by atoms with Crippen molar-refractivity contribution in [1.29, 1.82) is 0 Å². The maximum atomic E-state index is 12.1. The molecule has 2 saturated heterocycles. The summed E-state index contributed by atoms with van der Waals surface area (Å²) in [5, 5.41) is 5.50. The highest BCUT2D eigenvalue weighted by Crippen LogP contribution is 2.20. The molecule has 1 aromatic rings. The second-order valence-electron chi connectivity index (χ2n) is 5.70. The molecule has 5 nitrogen and oxygen atoms in total. The monoisotopic (exact) mass is 287 g/mol. The molecule has 112 valence electrons. The van der Waals surface area contributed by atoms with Crippen LogP contribution in [-0.4, -0.2) is 37.5 Å². The maximum absolute atomic E-state index is 12.1. The molecular formula is C16H21N3O2. The molecule has 2 amide bonds. The van der Waals surface area contributed by atoms with Crippen molar-refractivity contribution >= 4 is 17.5 Å². The first-order valence-corrected chi connectivity index (χ1v) is 7.67. The van der Waals surface area contributed by atoms with E-state index in [0.717, 1.165) is 13.1 Å². The van der Waals surface area contributed by atoms with Crippen LogP contribution in [0, 0.1) is 0 Å². The van der Waals surface area contributed by atoms with E-state index >= 15 is 0 Å². The lowest BCUT2D eigenvalue weighted by atomic mass is 10.1. The first-order valence-electron chi connectivity index (χ1n) is 7.67. The fraction of sp³-hybridized carbons (Fsp3) is 0.500. The lowest BCUT2D eigenvalue weighted by Gasteiger charge is -2.28. The highest BCUT2D eigenvalue weighted by atomic mass is 16.2. The molecule has 0 aliphatic carbocycles. The average molecular weight is 287 g/mol. The summed E-state index contributed by atoms with van der Waals surface area (Å²) in [6.07, 6.45) is 4.44. The summed E-state index contributed by atoms with van der Waals surface area (Å²) in [5.74, 6) is -0.268. The molecule has 3 rings (SSSR count). The Kier molecular flexibility index (Phi) is 4.08. The average Bonchev–Trinajstić information content (AvgIpc) is 2.93. The molecule has 0 aromatic heterocycles. The molecule has 21 heavy (non-hydrogen) atoms. The minimum atomic E-state index is -0.390. The fourth-order valence-electron chi connectivity index (χ4n) is 2.95. The minimum Gasteiger partial charge on any atom is -0.372 e. The summed E-state index contributed by atoms with van der Waals surface area (Å²) >= 11 is 0. The van der Waals surface area contributed by atoms with Crippen molar-refractivity contribution in [3.05, 3.63) is 29.8 Å². The van der Waals surface area contributed by atoms with Crippen LogP contribution in [-0.2, 0) is 4.79 Å². The van der Waals surface area contributed by atoms with Gasteiger partial charge in [-0.2, -0.15) is 0 Å². The maximum Gasteiger partial charge on any atom is 0.251 e. The molecule has 2 heterocycles. The van der Waals surface area contributed by atoms with E-state index in [1.54, 1.807) is 0 Å². The number of nitrogens with zero attached hydrogens (tertiary/aromatic N) is 1. The molecule has 1 atom stereocenters. The van der Waals surface area contributed by atoms with Gasteiger partial charge in [-0.05, 0) is 49.9 Å². The molecule has 5 heteroatoms. The number of anilines is 1. The zero-order chi connectivity index (χ0) is 14.7. The molecule has 2 fully saturated rings. The van der Waals surface area contributed by atoms with Crippen LogP contribution in [0.25, 0.3) is 0 Å². The Hall–Kier alpha value is -2.04. The second-order valence-corrected chi connectivity index (χ2v) is 5.70. The van der Waals surface area contributed by atoms with E-state index in [9.17, 15) is 9.59 Å². The largest absolute Gasteiger partial charge is 0.372 e. The summed E-state index contributed by atoms with van der Waals surface area (Å²) in [6.45, 7) is 2.82. The number of hydrogen-bond donors (Lipinski definition) is 2. The Labute approximate surface area is 124 Å². The summed E-state index contributed by atoms with van der Waals surface area (Å²) in [6, 6.07) is 7.28. The van der Waals surface area contributed by atoms with E-state index in [4.69, 9.17) is 0 Å². The van der Waals surface area contributed by atoms with Gasteiger partial charge < -0.3 is 15.5 Å². The summed E-state index contributed by atoms with van der Waals surface area (Å²) < 4.78 is 0. The topological polar surface area (TPSA) is 61.4 Å². The molecule has 2 aliphatic heterocycles. The van der Waals surface area contributed by atoms with Crippen molar-refractivity contribution in [3.8, 4) is 0 Å². The Morgan fingerprint density at radius 3 is 2.48 bits per heavy atom. The number of nitrogens with one attached hydrogen (secondary N) is 2. The first kappa shape index (κ1) is 13.9. The zero-order valence-corrected chi connectivity index (χ0v) is 12.1. The molecule has 0 spiro atoms. The smallest absolute Gasteiger partial charge is 0.251 e. The number of carbonyl (C=O) groups excluding carboxylic acids is 2. The SMILES string of the molecule is O=C(NC1CCNC1=O)c1ccc(N2CCCCC2)cc1. The van der Waals surface area contributed by atoms with Gasteiger partial charge >= 0.3 is 0 Å². The summed E-state index contributed by atoms with van der Waals surface area (Å²) in [7, 11) is 0. The van der Waals surface area contributed by atoms with Gasteiger partial charge in [-0.25, -0.2) is 0 Å². The van der Waals surface area contributed by atoms with E-state index in [0.29, 0.717) is 18.5 Å². The Morgan fingerprint density at radius 2 is 1.86 bits per heavy atom. The number of hydrogen-bond acceptors (Lipinski definition) is 3. The van der Waals surface area contributed by atoms with Crippen LogP contribution >= 0.6 is 0 Å². The van der Waals surface area contributed by atoms with Crippen molar-refractivity contribution in [3.63, 3.8) is 0 Å². The minimum absolute atomic E-state index is 0.0895. The predicted octanol–water partition coefficient (Wildman–Crippen LogP) is 1.30. The third-order valence-electron chi connectivity index (χ3n) is 4.20. The number of amides is 2. The van der Waals surface area contributed by atoms with Crippen molar-refractivity contribution < 1.29 is 9.59 Å². The van der Waals surface area contributed by atoms with Crippen molar-refractivity contribution in [2.45, 2.75) is 31.7 Å². The zero-order valence-electron chi connectivity index (χ0n) is 12.1. The highest BCUT2D eigenvalue weighted by molar-refractivity contribution is 5.98. The van der Waals surface area contributed by atoms with Crippen LogP contribution in [0.5, 0.6) is 0 Å². The second kappa shape index (κ2) is 6.16. The normalized spacial score (nSPS) is 22.0. The molecule has 1 unspecified atom stereocenters. The molecule has 2 aliphatic rings. The van der Waals surface area contributed by atoms with Gasteiger partial charge in [0.05, 0.1) is 0 Å². The Balaban J connectivity index is 1.63. The van der Waals surface area contributed by atoms with E-state index in [2.05, 4.69) is 15.5 Å². The fourth-order valence-corrected chi connectivity index (χ4v) is 2.95. The van der Waals surface area contributed by atoms with E-state index in [1.807, 2.05) is 24.3 Å². The van der Waals surface area contributed by atoms with Crippen LogP contribution in [0.1, 0.15) is 36.0 Å². The molecule has 2 N–H and O–H groups in total. The van der Waals surface area contributed by atoms with Crippen LogP contribution in [0.4, 0.5) is 5.69 Å². The molecule has 0 bridgehead atoms. The van der Waals surface area contributed by atoms with Gasteiger partial charge in [-0.3, -0.25) is 9.59 Å². The summed E-state index contributed by atoms with van der Waals surface area (Å²) in [5.41, 5.74) is 1.78. The third-order valence-corrected chi connectivity index (χ3v) is 4.20. The van der Waals surface area contributed by atoms with E-state index < -0.39 is 0 Å². The molecular weight excluding hydrogens is 266 g/mol. The third kappa shape index (κ3) is 3.17. The lowest BCUT2D eigenvalue weighted by molar-refractivity contribution is -0.120. The standard InChI is InChI=1S/C16H21N3O2/c20-15(18-14-8-9-17-16(14)21)12-4-6-13(7-5-12)19-10-2-1-3-11-19/h4-7,14H,1-3,8-11H2,(H,17,21)(H,18,20). The molecule has 1 aromatic carbocycles. The van der Waals surface area contributed by atoms with Gasteiger partial charge in [0.1, 0.15) is 6.04 Å². The summed E-state index contributed by atoms with van der Waals surface area (Å²) in [4.78, 5) is 26.0. The van der Waals surface area contributed by atoms with Crippen molar-refractivity contribution in [2.75, 3.05) is 24.5 Å². The number of carbonyl (C=O) groups is 2. The number of piperidine rings is 1. The van der Waals surface area contributed by atoms with Crippen LogP contribution in [0.15, 0.2) is 24.3 Å². The van der Waals surface area contributed by atoms with Crippen molar-refractivity contribution in [2.24, 2.45) is 0 Å². The van der Waals surface area contributed by atoms with Gasteiger partial charge in [0.2, 0.25) is 5.91 Å². The Morgan fingerprint density at radius 1 is 1.14 bits per heavy atom. The lowest BCUT2D eigenvalue weighted by Crippen LogP contribution is -2.40. The molecule has 0 radical (unpaired) electrons. The number of benzene rings is 1. The van der Waals surface area contributed by atoms with E-state index in [-0.39, 0.29) is 17.9 Å². The quantitative estimate of drug-likeness (QED) is 0.881. The highest BCUT2D eigenvalue weighted by Gasteiger charge is 2.25.